The maximum atomic E-state index is 13.1. The predicted molar refractivity (Wildman–Crippen MR) is 81.8 cm³/mol. The molecule has 1 aliphatic heterocycles. The van der Waals surface area contributed by atoms with Crippen LogP contribution < -0.4 is 5.32 Å². The summed E-state index contributed by atoms with van der Waals surface area (Å²) in [6, 6.07) is 0.294. The summed E-state index contributed by atoms with van der Waals surface area (Å²) in [4.78, 5) is 27.2. The van der Waals surface area contributed by atoms with Gasteiger partial charge in [-0.25, -0.2) is 0 Å². The van der Waals surface area contributed by atoms with E-state index in [1.54, 1.807) is 0 Å². The van der Waals surface area contributed by atoms with Crippen molar-refractivity contribution in [2.45, 2.75) is 88.6 Å². The Morgan fingerprint density at radius 2 is 1.43 bits per heavy atom. The minimum atomic E-state index is -0.560. The lowest BCUT2D eigenvalue weighted by Gasteiger charge is -2.47. The second-order valence-electron chi connectivity index (χ2n) is 7.12. The van der Waals surface area contributed by atoms with Crippen LogP contribution in [0.1, 0.15) is 77.0 Å². The molecule has 2 amide bonds. The van der Waals surface area contributed by atoms with Crippen molar-refractivity contribution in [2.24, 2.45) is 0 Å². The molecule has 118 valence electrons. The zero-order valence-corrected chi connectivity index (χ0v) is 13.0. The molecule has 3 rings (SSSR count). The maximum absolute atomic E-state index is 13.1. The Balaban J connectivity index is 1.76. The summed E-state index contributed by atoms with van der Waals surface area (Å²) >= 11 is 0. The number of rotatable bonds is 1. The van der Waals surface area contributed by atoms with Gasteiger partial charge in [0.25, 0.3) is 0 Å². The van der Waals surface area contributed by atoms with Gasteiger partial charge in [0.2, 0.25) is 11.8 Å². The van der Waals surface area contributed by atoms with Gasteiger partial charge in [-0.05, 0) is 25.7 Å². The van der Waals surface area contributed by atoms with Crippen LogP contribution in [0.15, 0.2) is 0 Å². The Bertz CT molecular complexity index is 394. The molecule has 0 aromatic rings. The molecule has 1 N–H and O–H groups in total. The molecular weight excluding hydrogens is 264 g/mol. The van der Waals surface area contributed by atoms with Crippen LogP contribution in [-0.2, 0) is 9.59 Å². The van der Waals surface area contributed by atoms with Crippen LogP contribution in [0.3, 0.4) is 0 Å². The second kappa shape index (κ2) is 6.37. The van der Waals surface area contributed by atoms with Gasteiger partial charge in [0.15, 0.2) is 0 Å². The van der Waals surface area contributed by atoms with Crippen LogP contribution >= 0.6 is 0 Å². The van der Waals surface area contributed by atoms with Gasteiger partial charge in [-0.1, -0.05) is 51.4 Å². The topological polar surface area (TPSA) is 49.4 Å². The van der Waals surface area contributed by atoms with Gasteiger partial charge in [0, 0.05) is 6.04 Å². The van der Waals surface area contributed by atoms with E-state index in [0.717, 1.165) is 38.5 Å². The number of carbonyl (C=O) groups is 2. The Morgan fingerprint density at radius 3 is 2.10 bits per heavy atom. The molecule has 0 radical (unpaired) electrons. The van der Waals surface area contributed by atoms with Crippen LogP contribution in [-0.4, -0.2) is 34.8 Å². The molecule has 1 spiro atoms. The standard InChI is InChI=1S/C17H28N2O2/c20-15-13-19(14-9-5-2-1-3-6-10-14)16(21)17(18-15)11-7-4-8-12-17/h14H,1-13H2,(H,18,20). The average Bonchev–Trinajstić information content (AvgIpc) is 2.44. The molecule has 21 heavy (non-hydrogen) atoms. The fourth-order valence-electron chi connectivity index (χ4n) is 4.40. The Kier molecular flexibility index (Phi) is 4.51. The Labute approximate surface area is 127 Å². The number of amides is 2. The molecule has 0 unspecified atom stereocenters. The van der Waals surface area contributed by atoms with Gasteiger partial charge >= 0.3 is 0 Å². The molecule has 0 aromatic heterocycles. The molecule has 1 heterocycles. The summed E-state index contributed by atoms with van der Waals surface area (Å²) in [6.45, 7) is 0.283. The lowest BCUT2D eigenvalue weighted by atomic mass is 9.78. The molecule has 1 saturated heterocycles. The number of carbonyl (C=O) groups excluding carboxylic acids is 2. The van der Waals surface area contributed by atoms with E-state index in [0.29, 0.717) is 6.04 Å². The molecule has 3 fully saturated rings. The average molecular weight is 292 g/mol. The highest BCUT2D eigenvalue weighted by Crippen LogP contribution is 2.34. The van der Waals surface area contributed by atoms with Crippen LogP contribution in [0.2, 0.25) is 0 Å². The minimum Gasteiger partial charge on any atom is -0.340 e. The van der Waals surface area contributed by atoms with Crippen LogP contribution in [0.4, 0.5) is 0 Å². The monoisotopic (exact) mass is 292 g/mol. The normalized spacial score (nSPS) is 28.1. The Morgan fingerprint density at radius 1 is 0.857 bits per heavy atom. The minimum absolute atomic E-state index is 0.0542. The first-order chi connectivity index (χ1) is 10.2. The van der Waals surface area contributed by atoms with Gasteiger partial charge in [-0.3, -0.25) is 9.59 Å². The SMILES string of the molecule is O=C1CN(C2CCCCCCC2)C(=O)C2(CCCCC2)N1. The molecule has 0 atom stereocenters. The highest BCUT2D eigenvalue weighted by Gasteiger charge is 2.48. The number of nitrogens with zero attached hydrogens (tertiary/aromatic N) is 1. The molecule has 4 nitrogen and oxygen atoms in total. The van der Waals surface area contributed by atoms with Crippen molar-refractivity contribution in [1.29, 1.82) is 0 Å². The van der Waals surface area contributed by atoms with Crippen molar-refractivity contribution >= 4 is 11.8 Å². The fourth-order valence-corrected chi connectivity index (χ4v) is 4.40. The number of nitrogens with one attached hydrogen (secondary N) is 1. The number of hydrogen-bond acceptors (Lipinski definition) is 2. The molecular formula is C17H28N2O2. The number of piperazine rings is 1. The molecule has 0 aromatic carbocycles. The third kappa shape index (κ3) is 3.09. The summed E-state index contributed by atoms with van der Waals surface area (Å²) < 4.78 is 0. The summed E-state index contributed by atoms with van der Waals surface area (Å²) in [7, 11) is 0. The Hall–Kier alpha value is -1.06. The predicted octanol–water partition coefficient (Wildman–Crippen LogP) is 2.76. The lowest BCUT2D eigenvalue weighted by Crippen LogP contribution is -2.68. The van der Waals surface area contributed by atoms with E-state index >= 15 is 0 Å². The molecule has 4 heteroatoms. The van der Waals surface area contributed by atoms with Gasteiger partial charge < -0.3 is 10.2 Å². The molecule has 3 aliphatic rings. The van der Waals surface area contributed by atoms with Crippen molar-refractivity contribution < 1.29 is 9.59 Å². The summed E-state index contributed by atoms with van der Waals surface area (Å²) in [5, 5.41) is 3.05. The summed E-state index contributed by atoms with van der Waals surface area (Å²) in [6.07, 6.45) is 13.4. The van der Waals surface area contributed by atoms with Gasteiger partial charge in [-0.15, -0.1) is 0 Å². The van der Waals surface area contributed by atoms with Gasteiger partial charge in [0.05, 0.1) is 6.54 Å². The zero-order valence-electron chi connectivity index (χ0n) is 13.0. The van der Waals surface area contributed by atoms with E-state index in [-0.39, 0.29) is 18.4 Å². The van der Waals surface area contributed by atoms with E-state index in [1.807, 2.05) is 4.90 Å². The summed E-state index contributed by atoms with van der Waals surface area (Å²) in [5.41, 5.74) is -0.560. The number of hydrogen-bond donors (Lipinski definition) is 1. The van der Waals surface area contributed by atoms with Gasteiger partial charge in [-0.2, -0.15) is 0 Å². The van der Waals surface area contributed by atoms with E-state index in [1.165, 1.54) is 38.5 Å². The maximum Gasteiger partial charge on any atom is 0.249 e. The van der Waals surface area contributed by atoms with Crippen LogP contribution in [0, 0.1) is 0 Å². The summed E-state index contributed by atoms with van der Waals surface area (Å²) in [5.74, 6) is 0.269. The van der Waals surface area contributed by atoms with Crippen molar-refractivity contribution in [3.05, 3.63) is 0 Å². The smallest absolute Gasteiger partial charge is 0.249 e. The zero-order chi connectivity index (χ0) is 14.7. The lowest BCUT2D eigenvalue weighted by molar-refractivity contribution is -0.154. The largest absolute Gasteiger partial charge is 0.340 e. The van der Waals surface area contributed by atoms with Crippen molar-refractivity contribution in [3.63, 3.8) is 0 Å². The highest BCUT2D eigenvalue weighted by atomic mass is 16.2. The molecule has 2 saturated carbocycles. The fraction of sp³-hybridized carbons (Fsp3) is 0.882. The van der Waals surface area contributed by atoms with Crippen molar-refractivity contribution in [3.8, 4) is 0 Å². The molecule has 0 bridgehead atoms. The van der Waals surface area contributed by atoms with Crippen LogP contribution in [0.25, 0.3) is 0 Å². The van der Waals surface area contributed by atoms with Gasteiger partial charge in [0.1, 0.15) is 5.54 Å². The van der Waals surface area contributed by atoms with E-state index in [9.17, 15) is 9.59 Å². The van der Waals surface area contributed by atoms with Crippen LogP contribution in [0.5, 0.6) is 0 Å². The third-order valence-electron chi connectivity index (χ3n) is 5.59. The van der Waals surface area contributed by atoms with Crippen molar-refractivity contribution in [2.75, 3.05) is 6.54 Å². The third-order valence-corrected chi connectivity index (χ3v) is 5.59. The highest BCUT2D eigenvalue weighted by molar-refractivity contribution is 5.98. The second-order valence-corrected chi connectivity index (χ2v) is 7.12. The molecule has 2 aliphatic carbocycles. The first-order valence-corrected chi connectivity index (χ1v) is 8.83. The van der Waals surface area contributed by atoms with E-state index in [4.69, 9.17) is 0 Å². The first kappa shape index (κ1) is 14.9. The van der Waals surface area contributed by atoms with E-state index in [2.05, 4.69) is 5.32 Å². The van der Waals surface area contributed by atoms with Crippen molar-refractivity contribution in [1.82, 2.24) is 10.2 Å². The first-order valence-electron chi connectivity index (χ1n) is 8.83. The quantitative estimate of drug-likeness (QED) is 0.808. The van der Waals surface area contributed by atoms with E-state index < -0.39 is 5.54 Å².